The molecular weight excluding hydrogens is 695 g/mol. The smallest absolute Gasteiger partial charge is 0.220 e. The number of aliphatic hydroxyl groups is 5. The standard InChI is InChI=1S/C46H83NO8/c1-3-5-7-9-11-13-15-17-18-19-20-21-22-23-24-26-28-30-32-34-36-42(50)47-39(38-54-46-45(53)44(52)43(51)41(37-48)55-46)40(49)35-33-31-29-27-25-16-14-12-10-8-6-4-2/h10,12,20-21,25,27,33,35,39-41,43-46,48-49,51-53H,3-9,11,13-19,22-24,26,28-32,34,36-38H2,1-2H3,(H,47,50)/b12-10+,21-20-,27-25+,35-33+. The number of rotatable bonds is 36. The Balaban J connectivity index is 2.36. The molecule has 0 saturated carbocycles. The monoisotopic (exact) mass is 778 g/mol. The topological polar surface area (TPSA) is 149 Å². The number of unbranched alkanes of at least 4 members (excludes halogenated alkanes) is 20. The van der Waals surface area contributed by atoms with Crippen LogP contribution in [0.25, 0.3) is 0 Å². The SMILES string of the molecule is CCCC/C=C/CC/C=C/CC/C=C/C(O)C(COC1OC(CO)C(O)C(O)C1O)NC(=O)CCCCCCCCC/C=C\CCCCCCCCCCC. The average molecular weight is 778 g/mol. The maximum absolute atomic E-state index is 12.9. The molecule has 1 fully saturated rings. The van der Waals surface area contributed by atoms with E-state index in [-0.39, 0.29) is 12.5 Å². The van der Waals surface area contributed by atoms with Crippen LogP contribution in [-0.4, -0.2) is 87.5 Å². The van der Waals surface area contributed by atoms with Crippen LogP contribution in [0.3, 0.4) is 0 Å². The van der Waals surface area contributed by atoms with Crippen molar-refractivity contribution < 1.29 is 39.8 Å². The molecule has 0 aromatic rings. The van der Waals surface area contributed by atoms with Gasteiger partial charge in [-0.25, -0.2) is 0 Å². The zero-order valence-corrected chi connectivity index (χ0v) is 34.9. The second-order valence-corrected chi connectivity index (χ2v) is 15.5. The summed E-state index contributed by atoms with van der Waals surface area (Å²) >= 11 is 0. The van der Waals surface area contributed by atoms with Gasteiger partial charge in [0.05, 0.1) is 25.4 Å². The van der Waals surface area contributed by atoms with Crippen molar-refractivity contribution >= 4 is 5.91 Å². The van der Waals surface area contributed by atoms with Crippen LogP contribution in [0.15, 0.2) is 48.6 Å². The summed E-state index contributed by atoms with van der Waals surface area (Å²) in [4.78, 5) is 12.9. The van der Waals surface area contributed by atoms with Gasteiger partial charge in [0.2, 0.25) is 5.91 Å². The first kappa shape index (κ1) is 51.2. The number of aliphatic hydroxyl groups excluding tert-OH is 5. The first-order valence-electron chi connectivity index (χ1n) is 22.4. The number of nitrogens with one attached hydrogen (secondary N) is 1. The van der Waals surface area contributed by atoms with Gasteiger partial charge < -0.3 is 40.3 Å². The highest BCUT2D eigenvalue weighted by Crippen LogP contribution is 2.22. The fourth-order valence-electron chi connectivity index (χ4n) is 6.70. The van der Waals surface area contributed by atoms with Crippen LogP contribution in [0.1, 0.15) is 181 Å². The Morgan fingerprint density at radius 1 is 0.600 bits per heavy atom. The third-order valence-electron chi connectivity index (χ3n) is 10.4. The molecule has 0 aliphatic carbocycles. The summed E-state index contributed by atoms with van der Waals surface area (Å²) in [5, 5.41) is 54.0. The van der Waals surface area contributed by atoms with Gasteiger partial charge in [0.15, 0.2) is 6.29 Å². The molecule has 0 aromatic heterocycles. The van der Waals surface area contributed by atoms with Crippen molar-refractivity contribution in [3.63, 3.8) is 0 Å². The molecule has 0 spiro atoms. The van der Waals surface area contributed by atoms with Gasteiger partial charge in [-0.1, -0.05) is 159 Å². The first-order chi connectivity index (χ1) is 26.8. The highest BCUT2D eigenvalue weighted by Gasteiger charge is 2.44. The Morgan fingerprint density at radius 2 is 1.05 bits per heavy atom. The Bertz CT molecular complexity index is 998. The summed E-state index contributed by atoms with van der Waals surface area (Å²) in [5.41, 5.74) is 0. The Kier molecular flexibility index (Phi) is 33.9. The number of allylic oxidation sites excluding steroid dienone is 7. The third kappa shape index (κ3) is 27.4. The van der Waals surface area contributed by atoms with E-state index in [0.717, 1.165) is 64.2 Å². The molecule has 55 heavy (non-hydrogen) atoms. The van der Waals surface area contributed by atoms with Gasteiger partial charge in [0, 0.05) is 6.42 Å². The molecular formula is C46H83NO8. The summed E-state index contributed by atoms with van der Waals surface area (Å²) < 4.78 is 11.2. The maximum atomic E-state index is 12.9. The van der Waals surface area contributed by atoms with Gasteiger partial charge in [0.1, 0.15) is 24.4 Å². The van der Waals surface area contributed by atoms with Crippen LogP contribution in [0, 0.1) is 0 Å². The molecule has 9 nitrogen and oxygen atoms in total. The van der Waals surface area contributed by atoms with Crippen LogP contribution in [0.2, 0.25) is 0 Å². The van der Waals surface area contributed by atoms with Gasteiger partial charge in [0.25, 0.3) is 0 Å². The fourth-order valence-corrected chi connectivity index (χ4v) is 6.70. The van der Waals surface area contributed by atoms with Gasteiger partial charge in [-0.05, 0) is 64.2 Å². The fraction of sp³-hybridized carbons (Fsp3) is 0.804. The number of carbonyl (C=O) groups is 1. The Morgan fingerprint density at radius 3 is 1.58 bits per heavy atom. The minimum atomic E-state index is -1.57. The van der Waals surface area contributed by atoms with E-state index in [1.807, 2.05) is 6.08 Å². The van der Waals surface area contributed by atoms with Crippen LogP contribution >= 0.6 is 0 Å². The van der Waals surface area contributed by atoms with E-state index in [0.29, 0.717) is 6.42 Å². The number of carbonyl (C=O) groups excluding carboxylic acids is 1. The van der Waals surface area contributed by atoms with E-state index in [2.05, 4.69) is 55.6 Å². The zero-order chi connectivity index (χ0) is 40.2. The van der Waals surface area contributed by atoms with Crippen molar-refractivity contribution in [2.24, 2.45) is 0 Å². The number of hydrogen-bond donors (Lipinski definition) is 6. The summed E-state index contributed by atoms with van der Waals surface area (Å²) in [7, 11) is 0. The highest BCUT2D eigenvalue weighted by atomic mass is 16.7. The third-order valence-corrected chi connectivity index (χ3v) is 10.4. The highest BCUT2D eigenvalue weighted by molar-refractivity contribution is 5.76. The van der Waals surface area contributed by atoms with Crippen molar-refractivity contribution in [3.05, 3.63) is 48.6 Å². The molecule has 1 saturated heterocycles. The van der Waals surface area contributed by atoms with Gasteiger partial charge >= 0.3 is 0 Å². The minimum Gasteiger partial charge on any atom is -0.394 e. The Hall–Kier alpha value is -1.85. The summed E-state index contributed by atoms with van der Waals surface area (Å²) in [5.74, 6) is -0.198. The maximum Gasteiger partial charge on any atom is 0.220 e. The summed E-state index contributed by atoms with van der Waals surface area (Å²) in [6.45, 7) is 3.68. The second-order valence-electron chi connectivity index (χ2n) is 15.5. The van der Waals surface area contributed by atoms with Crippen molar-refractivity contribution in [3.8, 4) is 0 Å². The summed E-state index contributed by atoms with van der Waals surface area (Å²) in [6.07, 6.45) is 38.7. The van der Waals surface area contributed by atoms with Crippen LogP contribution in [0.4, 0.5) is 0 Å². The predicted molar refractivity (Wildman–Crippen MR) is 226 cm³/mol. The van der Waals surface area contributed by atoms with Crippen molar-refractivity contribution in [1.29, 1.82) is 0 Å². The largest absolute Gasteiger partial charge is 0.394 e. The Labute approximate surface area is 335 Å². The zero-order valence-electron chi connectivity index (χ0n) is 34.9. The molecule has 1 rings (SSSR count). The van der Waals surface area contributed by atoms with E-state index in [4.69, 9.17) is 9.47 Å². The quantitative estimate of drug-likeness (QED) is 0.0273. The molecule has 7 atom stereocenters. The van der Waals surface area contributed by atoms with Crippen LogP contribution < -0.4 is 5.32 Å². The van der Waals surface area contributed by atoms with Crippen molar-refractivity contribution in [2.45, 2.75) is 224 Å². The predicted octanol–water partition coefficient (Wildman–Crippen LogP) is 9.06. The number of amides is 1. The van der Waals surface area contributed by atoms with Gasteiger partial charge in [-0.15, -0.1) is 0 Å². The first-order valence-corrected chi connectivity index (χ1v) is 22.4. The lowest BCUT2D eigenvalue weighted by atomic mass is 9.99. The lowest BCUT2D eigenvalue weighted by Gasteiger charge is -2.40. The molecule has 1 aliphatic heterocycles. The van der Waals surface area contributed by atoms with E-state index >= 15 is 0 Å². The number of ether oxygens (including phenoxy) is 2. The molecule has 1 aliphatic rings. The number of hydrogen-bond acceptors (Lipinski definition) is 8. The van der Waals surface area contributed by atoms with Crippen LogP contribution in [0.5, 0.6) is 0 Å². The van der Waals surface area contributed by atoms with E-state index < -0.39 is 49.5 Å². The lowest BCUT2D eigenvalue weighted by molar-refractivity contribution is -0.302. The van der Waals surface area contributed by atoms with Crippen molar-refractivity contribution in [2.75, 3.05) is 13.2 Å². The van der Waals surface area contributed by atoms with Gasteiger partial charge in [-0.3, -0.25) is 4.79 Å². The van der Waals surface area contributed by atoms with E-state index in [9.17, 15) is 30.3 Å². The molecule has 7 unspecified atom stereocenters. The van der Waals surface area contributed by atoms with Crippen LogP contribution in [-0.2, 0) is 14.3 Å². The van der Waals surface area contributed by atoms with Crippen molar-refractivity contribution in [1.82, 2.24) is 5.32 Å². The molecule has 1 heterocycles. The normalized spacial score (nSPS) is 21.8. The molecule has 9 heteroatoms. The molecule has 6 N–H and O–H groups in total. The van der Waals surface area contributed by atoms with E-state index in [1.54, 1.807) is 6.08 Å². The van der Waals surface area contributed by atoms with E-state index in [1.165, 1.54) is 96.3 Å². The average Bonchev–Trinajstić information content (AvgIpc) is 3.18. The van der Waals surface area contributed by atoms with Gasteiger partial charge in [-0.2, -0.15) is 0 Å². The lowest BCUT2D eigenvalue weighted by Crippen LogP contribution is -2.60. The second kappa shape index (κ2) is 36.5. The minimum absolute atomic E-state index is 0.198. The summed E-state index contributed by atoms with van der Waals surface area (Å²) in [6, 6.07) is -0.828. The molecule has 0 aromatic carbocycles. The molecule has 0 bridgehead atoms. The molecule has 0 radical (unpaired) electrons. The molecule has 1 amide bonds. The molecule has 320 valence electrons.